The molecule has 0 spiro atoms. The predicted molar refractivity (Wildman–Crippen MR) is 92.5 cm³/mol. The van der Waals surface area contributed by atoms with Crippen LogP contribution >= 0.6 is 0 Å². The fourth-order valence-corrected chi connectivity index (χ4v) is 3.43. The number of benzene rings is 1. The Morgan fingerprint density at radius 3 is 2.25 bits per heavy atom. The highest BCUT2D eigenvalue weighted by Crippen LogP contribution is 2.16. The van der Waals surface area contributed by atoms with Crippen molar-refractivity contribution in [2.45, 2.75) is 44.7 Å². The molecular formula is C16H22N4O3S. The summed E-state index contributed by atoms with van der Waals surface area (Å²) in [5, 5.41) is 6.93. The molecule has 0 aliphatic carbocycles. The molecule has 0 fully saturated rings. The third kappa shape index (κ3) is 4.21. The highest BCUT2D eigenvalue weighted by atomic mass is 32.2. The molecule has 2 N–H and O–H groups in total. The first kappa shape index (κ1) is 18.2. The molecule has 0 aliphatic rings. The zero-order chi connectivity index (χ0) is 17.9. The van der Waals surface area contributed by atoms with E-state index in [1.54, 1.807) is 30.8 Å². The number of amides is 1. The molecule has 1 amide bonds. The average molecular weight is 350 g/mol. The summed E-state index contributed by atoms with van der Waals surface area (Å²) in [5.41, 5.74) is 0.370. The van der Waals surface area contributed by atoms with Gasteiger partial charge in [-0.1, -0.05) is 0 Å². The van der Waals surface area contributed by atoms with Gasteiger partial charge in [-0.3, -0.25) is 4.79 Å². The van der Waals surface area contributed by atoms with Crippen LogP contribution in [-0.4, -0.2) is 30.1 Å². The van der Waals surface area contributed by atoms with E-state index in [4.69, 9.17) is 0 Å². The molecule has 7 nitrogen and oxygen atoms in total. The van der Waals surface area contributed by atoms with Gasteiger partial charge in [-0.2, -0.15) is 5.10 Å². The number of nitrogens with one attached hydrogen (secondary N) is 2. The molecule has 1 aromatic heterocycles. The van der Waals surface area contributed by atoms with Crippen LogP contribution in [0.3, 0.4) is 0 Å². The van der Waals surface area contributed by atoms with Crippen LogP contribution in [0.25, 0.3) is 0 Å². The van der Waals surface area contributed by atoms with Crippen LogP contribution in [0.1, 0.15) is 44.1 Å². The summed E-state index contributed by atoms with van der Waals surface area (Å²) in [6, 6.07) is 7.43. The lowest BCUT2D eigenvalue weighted by Crippen LogP contribution is -2.30. The molecule has 2 rings (SSSR count). The van der Waals surface area contributed by atoms with Gasteiger partial charge in [-0.25, -0.2) is 17.8 Å². The number of carbonyl (C=O) groups is 1. The molecule has 0 bridgehead atoms. The maximum Gasteiger partial charge on any atom is 0.256 e. The van der Waals surface area contributed by atoms with Gasteiger partial charge < -0.3 is 5.32 Å². The van der Waals surface area contributed by atoms with E-state index in [2.05, 4.69) is 15.1 Å². The van der Waals surface area contributed by atoms with Gasteiger partial charge in [0.25, 0.3) is 5.91 Å². The van der Waals surface area contributed by atoms with E-state index in [1.807, 2.05) is 13.8 Å². The summed E-state index contributed by atoms with van der Waals surface area (Å²) >= 11 is 0. The zero-order valence-electron chi connectivity index (χ0n) is 14.1. The molecule has 24 heavy (non-hydrogen) atoms. The number of carbonyl (C=O) groups excluding carboxylic acids is 1. The van der Waals surface area contributed by atoms with Gasteiger partial charge in [-0.15, -0.1) is 0 Å². The molecule has 1 heterocycles. The van der Waals surface area contributed by atoms with Crippen molar-refractivity contribution in [3.05, 3.63) is 42.1 Å². The maximum atomic E-state index is 12.3. The topological polar surface area (TPSA) is 93.1 Å². The summed E-state index contributed by atoms with van der Waals surface area (Å²) in [6.07, 6.45) is 1.61. The van der Waals surface area contributed by atoms with Gasteiger partial charge >= 0.3 is 0 Å². The van der Waals surface area contributed by atoms with E-state index in [0.717, 1.165) is 0 Å². The second kappa shape index (κ2) is 7.14. The Kier molecular flexibility index (Phi) is 5.40. The second-order valence-corrected chi connectivity index (χ2v) is 7.72. The first-order chi connectivity index (χ1) is 11.2. The van der Waals surface area contributed by atoms with E-state index < -0.39 is 10.0 Å². The van der Waals surface area contributed by atoms with Crippen molar-refractivity contribution < 1.29 is 13.2 Å². The van der Waals surface area contributed by atoms with Crippen molar-refractivity contribution in [2.24, 2.45) is 0 Å². The number of anilines is 1. The van der Waals surface area contributed by atoms with Crippen LogP contribution < -0.4 is 10.0 Å². The minimum absolute atomic E-state index is 0.116. The van der Waals surface area contributed by atoms with Crippen LogP contribution in [0.5, 0.6) is 0 Å². The van der Waals surface area contributed by atoms with Crippen molar-refractivity contribution in [2.75, 3.05) is 5.32 Å². The van der Waals surface area contributed by atoms with E-state index >= 15 is 0 Å². The number of nitrogens with zero attached hydrogens (tertiary/aromatic N) is 2. The van der Waals surface area contributed by atoms with Gasteiger partial charge in [0.2, 0.25) is 10.0 Å². The molecule has 8 heteroatoms. The Morgan fingerprint density at radius 1 is 1.08 bits per heavy atom. The molecule has 0 radical (unpaired) electrons. The largest absolute Gasteiger partial charge is 0.307 e. The lowest BCUT2D eigenvalue weighted by Gasteiger charge is -2.12. The summed E-state index contributed by atoms with van der Waals surface area (Å²) in [6.45, 7) is 7.42. The van der Waals surface area contributed by atoms with Gasteiger partial charge in [0.05, 0.1) is 11.1 Å². The minimum atomic E-state index is -3.57. The number of hydrogen-bond donors (Lipinski definition) is 2. The normalized spacial score (nSPS) is 11.9. The Labute approximate surface area is 142 Å². The summed E-state index contributed by atoms with van der Waals surface area (Å²) in [4.78, 5) is 12.4. The lowest BCUT2D eigenvalue weighted by atomic mass is 10.2. The number of hydrogen-bond acceptors (Lipinski definition) is 4. The smallest absolute Gasteiger partial charge is 0.256 e. The molecule has 2 aromatic rings. The zero-order valence-corrected chi connectivity index (χ0v) is 15.0. The third-order valence-corrected chi connectivity index (χ3v) is 4.89. The summed E-state index contributed by atoms with van der Waals surface area (Å²) in [7, 11) is -3.57. The highest BCUT2D eigenvalue weighted by Gasteiger charge is 2.16. The molecule has 1 aromatic carbocycles. The molecule has 0 saturated carbocycles. The summed E-state index contributed by atoms with van der Waals surface area (Å²) < 4.78 is 28.4. The fraction of sp³-hybridized carbons (Fsp3) is 0.375. The van der Waals surface area contributed by atoms with E-state index in [0.29, 0.717) is 11.4 Å². The molecule has 0 atom stereocenters. The fourth-order valence-electron chi connectivity index (χ4n) is 2.18. The maximum absolute atomic E-state index is 12.3. The Bertz CT molecular complexity index is 808. The first-order valence-electron chi connectivity index (χ1n) is 7.68. The number of sulfonamides is 1. The van der Waals surface area contributed by atoms with Gasteiger partial charge in [-0.05, 0) is 52.0 Å². The molecule has 0 saturated heterocycles. The average Bonchev–Trinajstić information content (AvgIpc) is 2.94. The quantitative estimate of drug-likeness (QED) is 0.836. The van der Waals surface area contributed by atoms with Crippen molar-refractivity contribution in [1.82, 2.24) is 14.5 Å². The predicted octanol–water partition coefficient (Wildman–Crippen LogP) is 2.40. The molecule has 0 unspecified atom stereocenters. The van der Waals surface area contributed by atoms with Crippen molar-refractivity contribution in [3.8, 4) is 0 Å². The van der Waals surface area contributed by atoms with Crippen LogP contribution in [0.15, 0.2) is 41.4 Å². The monoisotopic (exact) mass is 350 g/mol. The van der Waals surface area contributed by atoms with Gasteiger partial charge in [0.1, 0.15) is 5.82 Å². The molecular weight excluding hydrogens is 328 g/mol. The van der Waals surface area contributed by atoms with Crippen LogP contribution in [0.2, 0.25) is 0 Å². The van der Waals surface area contributed by atoms with E-state index in [9.17, 15) is 13.2 Å². The Hall–Kier alpha value is -2.19. The third-order valence-electron chi connectivity index (χ3n) is 3.22. The van der Waals surface area contributed by atoms with Crippen LogP contribution in [0.4, 0.5) is 5.82 Å². The lowest BCUT2D eigenvalue weighted by molar-refractivity contribution is 0.102. The van der Waals surface area contributed by atoms with Crippen LogP contribution in [0, 0.1) is 0 Å². The van der Waals surface area contributed by atoms with E-state index in [-0.39, 0.29) is 22.9 Å². The minimum Gasteiger partial charge on any atom is -0.307 e. The SMILES string of the molecule is CC(C)NS(=O)(=O)c1ccc(C(=O)Nc2ccnn2C(C)C)cc1. The van der Waals surface area contributed by atoms with Crippen LogP contribution in [-0.2, 0) is 10.0 Å². The Balaban J connectivity index is 2.16. The highest BCUT2D eigenvalue weighted by molar-refractivity contribution is 7.89. The molecule has 0 aliphatic heterocycles. The standard InChI is InChI=1S/C16H22N4O3S/c1-11(2)19-24(22,23)14-7-5-13(6-8-14)16(21)18-15-9-10-17-20(15)12(3)4/h5-12,19H,1-4H3,(H,18,21). The van der Waals surface area contributed by atoms with Crippen molar-refractivity contribution in [1.29, 1.82) is 0 Å². The second-order valence-electron chi connectivity index (χ2n) is 6.01. The van der Waals surface area contributed by atoms with Gasteiger partial charge in [0, 0.05) is 23.7 Å². The number of aromatic nitrogens is 2. The first-order valence-corrected chi connectivity index (χ1v) is 9.16. The molecule has 130 valence electrons. The van der Waals surface area contributed by atoms with E-state index in [1.165, 1.54) is 24.3 Å². The van der Waals surface area contributed by atoms with Gasteiger partial charge in [0.15, 0.2) is 0 Å². The van der Waals surface area contributed by atoms with Crippen molar-refractivity contribution >= 4 is 21.7 Å². The van der Waals surface area contributed by atoms with Crippen molar-refractivity contribution in [3.63, 3.8) is 0 Å². The number of rotatable bonds is 6. The summed E-state index contributed by atoms with van der Waals surface area (Å²) in [5.74, 6) is 0.270. The Morgan fingerprint density at radius 2 is 1.71 bits per heavy atom.